The SMILES string of the molecule is O=C(OCCOC(=O)c1ccc2c(c1)C(=O)OC2=O)c1ccc2c(c1)C(=O)OC2. The van der Waals surface area contributed by atoms with Gasteiger partial charge in [-0.1, -0.05) is 6.07 Å². The number of hydrogen-bond donors (Lipinski definition) is 0. The number of benzene rings is 2. The maximum atomic E-state index is 12.1. The minimum atomic E-state index is -0.827. The first-order chi connectivity index (χ1) is 13.9. The van der Waals surface area contributed by atoms with Crippen molar-refractivity contribution in [3.63, 3.8) is 0 Å². The van der Waals surface area contributed by atoms with Gasteiger partial charge in [0.25, 0.3) is 0 Å². The largest absolute Gasteiger partial charge is 0.458 e. The van der Waals surface area contributed by atoms with E-state index in [0.29, 0.717) is 11.1 Å². The Hall–Kier alpha value is -4.01. The van der Waals surface area contributed by atoms with Gasteiger partial charge in [-0.2, -0.15) is 0 Å². The topological polar surface area (TPSA) is 122 Å². The molecule has 2 heterocycles. The molecule has 0 unspecified atom stereocenters. The average Bonchev–Trinajstić information content (AvgIpc) is 3.23. The maximum absolute atomic E-state index is 12.1. The predicted octanol–water partition coefficient (Wildman–Crippen LogP) is 1.68. The van der Waals surface area contributed by atoms with Gasteiger partial charge < -0.3 is 18.9 Å². The first kappa shape index (κ1) is 18.4. The zero-order valence-corrected chi connectivity index (χ0v) is 14.8. The van der Waals surface area contributed by atoms with Crippen LogP contribution in [0.2, 0.25) is 0 Å². The summed E-state index contributed by atoms with van der Waals surface area (Å²) in [4.78, 5) is 58.6. The fourth-order valence-corrected chi connectivity index (χ4v) is 2.89. The van der Waals surface area contributed by atoms with E-state index in [0.717, 1.165) is 0 Å². The summed E-state index contributed by atoms with van der Waals surface area (Å²) >= 11 is 0. The molecule has 2 aromatic rings. The molecule has 0 N–H and O–H groups in total. The lowest BCUT2D eigenvalue weighted by Gasteiger charge is -2.07. The van der Waals surface area contributed by atoms with Crippen LogP contribution in [0.15, 0.2) is 36.4 Å². The Balaban J connectivity index is 1.30. The molecule has 0 saturated heterocycles. The van der Waals surface area contributed by atoms with E-state index < -0.39 is 29.8 Å². The number of esters is 5. The van der Waals surface area contributed by atoms with Gasteiger partial charge in [0.1, 0.15) is 19.8 Å². The molecule has 0 aliphatic carbocycles. The Morgan fingerprint density at radius 1 is 0.759 bits per heavy atom. The minimum absolute atomic E-state index is 0.00832. The molecular weight excluding hydrogens is 384 g/mol. The summed E-state index contributed by atoms with van der Waals surface area (Å²) in [6.07, 6.45) is 0. The molecule has 4 rings (SSSR count). The molecule has 2 aromatic carbocycles. The van der Waals surface area contributed by atoms with Crippen molar-refractivity contribution in [3.8, 4) is 0 Å². The van der Waals surface area contributed by atoms with Gasteiger partial charge in [0.2, 0.25) is 0 Å². The van der Waals surface area contributed by atoms with Crippen LogP contribution in [-0.2, 0) is 25.6 Å². The molecule has 146 valence electrons. The molecule has 0 bridgehead atoms. The van der Waals surface area contributed by atoms with Crippen LogP contribution in [0.25, 0.3) is 0 Å². The second kappa shape index (κ2) is 7.19. The second-order valence-corrected chi connectivity index (χ2v) is 6.16. The van der Waals surface area contributed by atoms with Crippen molar-refractivity contribution in [2.75, 3.05) is 13.2 Å². The van der Waals surface area contributed by atoms with Gasteiger partial charge in [0.15, 0.2) is 0 Å². The standard InChI is InChI=1S/C20H12O9/c21-16(10-1-2-12-9-28-18(23)14(12)7-10)26-5-6-27-17(22)11-3-4-13-15(8-11)20(25)29-19(13)24/h1-4,7-8H,5-6,9H2. The fraction of sp³-hybridized carbons (Fsp3) is 0.150. The number of cyclic esters (lactones) is 3. The summed E-state index contributed by atoms with van der Waals surface area (Å²) in [6, 6.07) is 8.36. The van der Waals surface area contributed by atoms with Crippen LogP contribution < -0.4 is 0 Å². The second-order valence-electron chi connectivity index (χ2n) is 6.16. The van der Waals surface area contributed by atoms with Gasteiger partial charge in [0, 0.05) is 5.56 Å². The van der Waals surface area contributed by atoms with Crippen LogP contribution in [0, 0.1) is 0 Å². The Morgan fingerprint density at radius 2 is 1.34 bits per heavy atom. The van der Waals surface area contributed by atoms with Gasteiger partial charge in [-0.3, -0.25) is 0 Å². The Labute approximate surface area is 163 Å². The molecule has 9 nitrogen and oxygen atoms in total. The average molecular weight is 396 g/mol. The van der Waals surface area contributed by atoms with Crippen LogP contribution in [0.1, 0.15) is 57.4 Å². The Bertz CT molecular complexity index is 1080. The van der Waals surface area contributed by atoms with E-state index in [-0.39, 0.29) is 42.1 Å². The predicted molar refractivity (Wildman–Crippen MR) is 92.3 cm³/mol. The smallest absolute Gasteiger partial charge is 0.346 e. The van der Waals surface area contributed by atoms with Gasteiger partial charge in [-0.15, -0.1) is 0 Å². The zero-order valence-electron chi connectivity index (χ0n) is 14.8. The highest BCUT2D eigenvalue weighted by Crippen LogP contribution is 2.22. The molecule has 2 aliphatic heterocycles. The van der Waals surface area contributed by atoms with Crippen molar-refractivity contribution < 1.29 is 42.9 Å². The first-order valence-corrected chi connectivity index (χ1v) is 8.49. The van der Waals surface area contributed by atoms with E-state index in [9.17, 15) is 24.0 Å². The summed E-state index contributed by atoms with van der Waals surface area (Å²) < 4.78 is 19.3. The zero-order chi connectivity index (χ0) is 20.5. The molecule has 0 saturated carbocycles. The number of carbonyl (C=O) groups excluding carboxylic acids is 5. The molecule has 0 radical (unpaired) electrons. The lowest BCUT2D eigenvalue weighted by atomic mass is 10.1. The number of ether oxygens (including phenoxy) is 4. The Morgan fingerprint density at radius 3 is 2.03 bits per heavy atom. The van der Waals surface area contributed by atoms with Crippen molar-refractivity contribution in [1.29, 1.82) is 0 Å². The molecule has 0 spiro atoms. The molecule has 0 atom stereocenters. The molecular formula is C20H12O9. The third-order valence-electron chi connectivity index (χ3n) is 4.35. The van der Waals surface area contributed by atoms with E-state index in [1.807, 2.05) is 0 Å². The summed E-state index contributed by atoms with van der Waals surface area (Å²) in [5.41, 5.74) is 1.32. The van der Waals surface area contributed by atoms with Crippen molar-refractivity contribution >= 4 is 29.8 Å². The van der Waals surface area contributed by atoms with Crippen molar-refractivity contribution in [2.45, 2.75) is 6.61 Å². The number of hydrogen-bond acceptors (Lipinski definition) is 9. The van der Waals surface area contributed by atoms with Gasteiger partial charge in [0.05, 0.1) is 27.8 Å². The maximum Gasteiger partial charge on any atom is 0.346 e. The monoisotopic (exact) mass is 396 g/mol. The lowest BCUT2D eigenvalue weighted by Crippen LogP contribution is -2.15. The summed E-state index contributed by atoms with van der Waals surface area (Å²) in [5, 5.41) is 0. The van der Waals surface area contributed by atoms with E-state index in [2.05, 4.69) is 4.74 Å². The summed E-state index contributed by atoms with van der Waals surface area (Å²) in [6.45, 7) is -0.260. The van der Waals surface area contributed by atoms with Gasteiger partial charge >= 0.3 is 29.8 Å². The fourth-order valence-electron chi connectivity index (χ4n) is 2.89. The number of fused-ring (bicyclic) bond motifs is 2. The van der Waals surface area contributed by atoms with Gasteiger partial charge in [-0.25, -0.2) is 24.0 Å². The quantitative estimate of drug-likeness (QED) is 0.321. The van der Waals surface area contributed by atoms with Crippen molar-refractivity contribution in [1.82, 2.24) is 0 Å². The van der Waals surface area contributed by atoms with Crippen molar-refractivity contribution in [3.05, 3.63) is 69.8 Å². The Kier molecular flexibility index (Phi) is 4.55. The lowest BCUT2D eigenvalue weighted by molar-refractivity contribution is 0.0265. The molecule has 29 heavy (non-hydrogen) atoms. The molecule has 0 amide bonds. The third-order valence-corrected chi connectivity index (χ3v) is 4.35. The highest BCUT2D eigenvalue weighted by atomic mass is 16.6. The molecule has 0 aromatic heterocycles. The number of carbonyl (C=O) groups is 5. The third kappa shape index (κ3) is 3.45. The van der Waals surface area contributed by atoms with E-state index in [4.69, 9.17) is 14.2 Å². The molecule has 0 fully saturated rings. The van der Waals surface area contributed by atoms with E-state index in [1.54, 1.807) is 6.07 Å². The summed E-state index contributed by atoms with van der Waals surface area (Å²) in [5.74, 6) is -3.52. The number of rotatable bonds is 5. The summed E-state index contributed by atoms with van der Waals surface area (Å²) in [7, 11) is 0. The normalized spacial score (nSPS) is 14.0. The van der Waals surface area contributed by atoms with E-state index in [1.165, 1.54) is 30.3 Å². The first-order valence-electron chi connectivity index (χ1n) is 8.49. The van der Waals surface area contributed by atoms with Crippen LogP contribution in [0.3, 0.4) is 0 Å². The van der Waals surface area contributed by atoms with Crippen LogP contribution in [0.4, 0.5) is 0 Å². The molecule has 2 aliphatic rings. The highest BCUT2D eigenvalue weighted by molar-refractivity contribution is 6.15. The van der Waals surface area contributed by atoms with Crippen molar-refractivity contribution in [2.24, 2.45) is 0 Å². The minimum Gasteiger partial charge on any atom is -0.458 e. The van der Waals surface area contributed by atoms with Crippen LogP contribution in [-0.4, -0.2) is 43.1 Å². The van der Waals surface area contributed by atoms with E-state index >= 15 is 0 Å². The van der Waals surface area contributed by atoms with Gasteiger partial charge in [-0.05, 0) is 30.3 Å². The highest BCUT2D eigenvalue weighted by Gasteiger charge is 2.30. The van der Waals surface area contributed by atoms with Crippen LogP contribution >= 0.6 is 0 Å². The van der Waals surface area contributed by atoms with Crippen LogP contribution in [0.5, 0.6) is 0 Å². The molecule has 9 heteroatoms.